The number of alkyl carbamates (subject to hydrolysis) is 2. The number of likely N-dealkylation sites (tertiary alicyclic amines) is 2. The highest BCUT2D eigenvalue weighted by Crippen LogP contribution is 2.30. The van der Waals surface area contributed by atoms with Gasteiger partial charge in [-0.1, -0.05) is 36.4 Å². The topological polar surface area (TPSA) is 164 Å². The lowest BCUT2D eigenvalue weighted by molar-refractivity contribution is -0.143. The Morgan fingerprint density at radius 2 is 1.49 bits per heavy atom. The number of ether oxygens (including phenoxy) is 2. The number of para-hydroxylation sites is 1. The molecule has 0 radical (unpaired) electrons. The summed E-state index contributed by atoms with van der Waals surface area (Å²) < 4.78 is 13.8. The Morgan fingerprint density at radius 1 is 0.825 bits per heavy atom. The number of carbonyl (C=O) groups is 4. The predicted molar refractivity (Wildman–Crippen MR) is 241 cm³/mol. The van der Waals surface area contributed by atoms with E-state index in [1.807, 2.05) is 65.4 Å². The van der Waals surface area contributed by atoms with E-state index in [9.17, 15) is 24.0 Å². The molecule has 2 aromatic heterocycles. The zero-order valence-electron chi connectivity index (χ0n) is 36.6. The smallest absolute Gasteiger partial charge is 0.409 e. The number of piperazine rings is 1. The lowest BCUT2D eigenvalue weighted by atomic mass is 9.88. The molecule has 1 atom stereocenters. The van der Waals surface area contributed by atoms with Crippen LogP contribution in [0, 0.1) is 12.8 Å². The molecule has 4 amide bonds. The average Bonchev–Trinajstić information content (AvgIpc) is 3.72. The highest BCUT2D eigenvalue weighted by atomic mass is 16.6. The maximum Gasteiger partial charge on any atom is 0.409 e. The minimum atomic E-state index is -0.644. The van der Waals surface area contributed by atoms with Crippen molar-refractivity contribution in [2.75, 3.05) is 72.5 Å². The first-order valence-corrected chi connectivity index (χ1v) is 22.1. The van der Waals surface area contributed by atoms with Crippen molar-refractivity contribution in [1.29, 1.82) is 0 Å². The van der Waals surface area contributed by atoms with Gasteiger partial charge in [-0.3, -0.25) is 23.9 Å². The molecule has 0 unspecified atom stereocenters. The van der Waals surface area contributed by atoms with Crippen LogP contribution < -0.4 is 16.2 Å². The molecular formula is C47H61N9O7. The molecule has 0 spiro atoms. The zero-order chi connectivity index (χ0) is 44.5. The molecule has 336 valence electrons. The third-order valence-electron chi connectivity index (χ3n) is 12.7. The molecule has 5 heterocycles. The van der Waals surface area contributed by atoms with Gasteiger partial charge in [-0.05, 0) is 99.8 Å². The quantitative estimate of drug-likeness (QED) is 0.162. The number of fused-ring (bicyclic) bond motifs is 2. The van der Waals surface area contributed by atoms with E-state index in [-0.39, 0.29) is 49.7 Å². The van der Waals surface area contributed by atoms with Gasteiger partial charge in [-0.15, -0.1) is 13.2 Å². The lowest BCUT2D eigenvalue weighted by Gasteiger charge is -2.43. The van der Waals surface area contributed by atoms with Gasteiger partial charge in [0.1, 0.15) is 0 Å². The fraction of sp³-hybridized carbons (Fsp3) is 0.489. The predicted octanol–water partition coefficient (Wildman–Crippen LogP) is 4.59. The number of nitrogens with one attached hydrogen (secondary N) is 2. The highest BCUT2D eigenvalue weighted by Gasteiger charge is 2.34. The van der Waals surface area contributed by atoms with Gasteiger partial charge in [0.2, 0.25) is 11.8 Å². The molecule has 16 nitrogen and oxygen atoms in total. The van der Waals surface area contributed by atoms with Gasteiger partial charge in [-0.25, -0.2) is 14.3 Å². The van der Waals surface area contributed by atoms with Gasteiger partial charge >= 0.3 is 12.2 Å². The Labute approximate surface area is 368 Å². The van der Waals surface area contributed by atoms with E-state index < -0.39 is 18.1 Å². The van der Waals surface area contributed by atoms with E-state index in [0.29, 0.717) is 69.1 Å². The van der Waals surface area contributed by atoms with Gasteiger partial charge in [0.05, 0.1) is 17.0 Å². The van der Waals surface area contributed by atoms with Crippen molar-refractivity contribution in [3.05, 3.63) is 101 Å². The van der Waals surface area contributed by atoms with Crippen molar-refractivity contribution in [2.24, 2.45) is 5.92 Å². The van der Waals surface area contributed by atoms with Crippen LogP contribution in [0.15, 0.2) is 78.8 Å². The van der Waals surface area contributed by atoms with Crippen LogP contribution in [0.5, 0.6) is 0 Å². The summed E-state index contributed by atoms with van der Waals surface area (Å²) >= 11 is 0. The number of nitrogens with zero attached hydrogens (tertiary/aromatic N) is 7. The number of piperidine rings is 2. The second kappa shape index (κ2) is 20.9. The number of pyridine rings is 1. The van der Waals surface area contributed by atoms with Gasteiger partial charge in [0, 0.05) is 82.0 Å². The molecule has 3 aliphatic heterocycles. The SMILES string of the molecule is C=CCNC(=O)OCn1cc2cc(C[C@@H](CC(=O)N3CCC(c4cc5ccccc5n(COC(=O)NCC=C)c4=O)CC3)C(=O)N3CCN(C4CCN(C)CC4)CC3)cc(C)c2n1. The van der Waals surface area contributed by atoms with Crippen LogP contribution in [-0.2, 0) is 38.9 Å². The summed E-state index contributed by atoms with van der Waals surface area (Å²) in [6, 6.07) is 14.0. The fourth-order valence-electron chi connectivity index (χ4n) is 9.29. The Balaban J connectivity index is 1.05. The number of aromatic nitrogens is 3. The van der Waals surface area contributed by atoms with Crippen molar-refractivity contribution < 1.29 is 28.7 Å². The van der Waals surface area contributed by atoms with Crippen LogP contribution in [0.1, 0.15) is 54.7 Å². The Morgan fingerprint density at radius 3 is 2.17 bits per heavy atom. The first kappa shape index (κ1) is 45.0. The lowest BCUT2D eigenvalue weighted by Crippen LogP contribution is -2.55. The highest BCUT2D eigenvalue weighted by molar-refractivity contribution is 5.87. The summed E-state index contributed by atoms with van der Waals surface area (Å²) in [4.78, 5) is 75.8. The number of benzene rings is 2. The minimum absolute atomic E-state index is 0.00856. The third-order valence-corrected chi connectivity index (χ3v) is 12.7. The Kier molecular flexibility index (Phi) is 15.0. The second-order valence-electron chi connectivity index (χ2n) is 17.0. The molecule has 7 rings (SSSR count). The maximum absolute atomic E-state index is 14.6. The Hall–Kier alpha value is -6.00. The minimum Gasteiger partial charge on any atom is -0.428 e. The summed E-state index contributed by atoms with van der Waals surface area (Å²) in [6.07, 6.45) is 7.59. The molecule has 2 aromatic carbocycles. The van der Waals surface area contributed by atoms with E-state index >= 15 is 0 Å². The number of amides is 4. The molecule has 2 N–H and O–H groups in total. The summed E-state index contributed by atoms with van der Waals surface area (Å²) in [5.74, 6) is -0.770. The van der Waals surface area contributed by atoms with Gasteiger partial charge in [0.25, 0.3) is 5.56 Å². The van der Waals surface area contributed by atoms with Crippen LogP contribution in [0.4, 0.5) is 9.59 Å². The number of aryl methyl sites for hydroxylation is 1. The number of hydrogen-bond acceptors (Lipinski definition) is 10. The molecule has 3 aliphatic rings. The van der Waals surface area contributed by atoms with E-state index in [1.165, 1.54) is 4.57 Å². The van der Waals surface area contributed by atoms with E-state index in [0.717, 1.165) is 66.4 Å². The van der Waals surface area contributed by atoms with Crippen molar-refractivity contribution >= 4 is 45.8 Å². The zero-order valence-corrected chi connectivity index (χ0v) is 36.6. The second-order valence-corrected chi connectivity index (χ2v) is 17.0. The standard InChI is InChI=1S/C47H61N9O7/c1-5-15-48-46(60)62-31-55-30-38-27-34(25-33(3)43(38)50-55)26-37(44(58)54-23-21-52(22-24-54)39-13-17-51(4)18-14-39)29-42(57)53-19-11-35(12-20-53)40-28-36-9-7-8-10-41(36)56(45(40)59)32-63-47(61)49-16-6-2/h5-10,25,27-28,30,35,37,39H,1-2,11-24,26,29,31-32H2,3-4H3,(H,48,60)(H,49,61)/t37-/m0/s1. The average molecular weight is 864 g/mol. The van der Waals surface area contributed by atoms with Crippen LogP contribution in [0.2, 0.25) is 0 Å². The van der Waals surface area contributed by atoms with Gasteiger partial charge < -0.3 is 34.8 Å². The van der Waals surface area contributed by atoms with Crippen LogP contribution >= 0.6 is 0 Å². The molecule has 0 bridgehead atoms. The molecule has 3 saturated heterocycles. The number of hydrogen-bond donors (Lipinski definition) is 2. The fourth-order valence-corrected chi connectivity index (χ4v) is 9.29. The molecule has 3 fully saturated rings. The van der Waals surface area contributed by atoms with Crippen molar-refractivity contribution in [1.82, 2.24) is 44.6 Å². The summed E-state index contributed by atoms with van der Waals surface area (Å²) in [5, 5.41) is 11.5. The van der Waals surface area contributed by atoms with Gasteiger partial charge in [-0.2, -0.15) is 5.10 Å². The normalized spacial score (nSPS) is 17.4. The van der Waals surface area contributed by atoms with E-state index in [2.05, 4.69) is 45.7 Å². The molecule has 63 heavy (non-hydrogen) atoms. The largest absolute Gasteiger partial charge is 0.428 e. The molecule has 0 aliphatic carbocycles. The van der Waals surface area contributed by atoms with Crippen molar-refractivity contribution in [2.45, 2.75) is 70.9 Å². The molecule has 4 aromatic rings. The number of rotatable bonds is 15. The molecule has 0 saturated carbocycles. The summed E-state index contributed by atoms with van der Waals surface area (Å²) in [6.45, 7) is 15.3. The summed E-state index contributed by atoms with van der Waals surface area (Å²) in [7, 11) is 2.17. The summed E-state index contributed by atoms with van der Waals surface area (Å²) in [5.41, 5.74) is 3.67. The first-order valence-electron chi connectivity index (χ1n) is 22.1. The van der Waals surface area contributed by atoms with Gasteiger partial charge in [0.15, 0.2) is 13.5 Å². The van der Waals surface area contributed by atoms with Crippen molar-refractivity contribution in [3.8, 4) is 0 Å². The molecular weight excluding hydrogens is 803 g/mol. The first-order chi connectivity index (χ1) is 30.5. The maximum atomic E-state index is 14.6. The monoisotopic (exact) mass is 863 g/mol. The van der Waals surface area contributed by atoms with Crippen LogP contribution in [0.3, 0.4) is 0 Å². The third kappa shape index (κ3) is 11.2. The van der Waals surface area contributed by atoms with Crippen LogP contribution in [-0.4, -0.2) is 136 Å². The Bertz CT molecular complexity index is 2350. The van der Waals surface area contributed by atoms with Crippen LogP contribution in [0.25, 0.3) is 21.8 Å². The van der Waals surface area contributed by atoms with Crippen molar-refractivity contribution in [3.63, 3.8) is 0 Å². The van der Waals surface area contributed by atoms with E-state index in [4.69, 9.17) is 9.47 Å². The van der Waals surface area contributed by atoms with E-state index in [1.54, 1.807) is 16.8 Å². The molecule has 16 heteroatoms. The number of carbonyl (C=O) groups excluding carboxylic acids is 4.